The topological polar surface area (TPSA) is 63.6 Å². The van der Waals surface area contributed by atoms with Crippen LogP contribution >= 0.6 is 0 Å². The van der Waals surface area contributed by atoms with E-state index in [9.17, 15) is 9.59 Å². The van der Waals surface area contributed by atoms with E-state index in [1.165, 1.54) is 141 Å². The van der Waals surface area contributed by atoms with Crippen molar-refractivity contribution < 1.29 is 19.4 Å². The molecular weight excluding hydrogens is 568 g/mol. The molecule has 0 spiro atoms. The largest absolute Gasteiger partial charge is 0.481 e. The molecule has 0 saturated heterocycles. The molecule has 0 aliphatic carbocycles. The van der Waals surface area contributed by atoms with Gasteiger partial charge in [0, 0.05) is 12.8 Å². The second kappa shape index (κ2) is 37.9. The minimum absolute atomic E-state index is 0.0263. The maximum Gasteiger partial charge on any atom is 0.306 e. The Morgan fingerprint density at radius 2 is 0.848 bits per heavy atom. The Morgan fingerprint density at radius 3 is 1.33 bits per heavy atom. The van der Waals surface area contributed by atoms with E-state index >= 15 is 0 Å². The van der Waals surface area contributed by atoms with Crippen molar-refractivity contribution in [3.8, 4) is 0 Å². The molecule has 270 valence electrons. The number of unbranched alkanes of at least 4 members (excludes halogenated alkanes) is 24. The molecular formula is C42H78O4. The van der Waals surface area contributed by atoms with Crippen molar-refractivity contribution in [1.29, 1.82) is 0 Å². The number of carboxylic acids is 1. The number of carboxylic acid groups (broad SMARTS) is 1. The van der Waals surface area contributed by atoms with Gasteiger partial charge in [-0.25, -0.2) is 0 Å². The molecule has 0 aliphatic rings. The second-order valence-electron chi connectivity index (χ2n) is 13.8. The minimum Gasteiger partial charge on any atom is -0.481 e. The van der Waals surface area contributed by atoms with Crippen LogP contribution in [0, 0.1) is 0 Å². The van der Waals surface area contributed by atoms with Crippen molar-refractivity contribution in [3.05, 3.63) is 24.3 Å². The number of carbonyl (C=O) groups is 2. The maximum absolute atomic E-state index is 12.7. The van der Waals surface area contributed by atoms with Gasteiger partial charge in [0.05, 0.1) is 0 Å². The van der Waals surface area contributed by atoms with Crippen molar-refractivity contribution in [2.75, 3.05) is 0 Å². The van der Waals surface area contributed by atoms with Crippen LogP contribution in [0.15, 0.2) is 24.3 Å². The normalized spacial score (nSPS) is 12.4. The molecule has 0 aromatic carbocycles. The summed E-state index contributed by atoms with van der Waals surface area (Å²) < 4.78 is 6.03. The summed E-state index contributed by atoms with van der Waals surface area (Å²) in [6.07, 6.45) is 47.8. The highest BCUT2D eigenvalue weighted by molar-refractivity contribution is 5.69. The van der Waals surface area contributed by atoms with E-state index in [1.54, 1.807) is 0 Å². The molecule has 0 aromatic rings. The van der Waals surface area contributed by atoms with Gasteiger partial charge in [0.1, 0.15) is 6.10 Å². The molecule has 0 fully saturated rings. The van der Waals surface area contributed by atoms with E-state index in [1.807, 2.05) is 0 Å². The monoisotopic (exact) mass is 647 g/mol. The van der Waals surface area contributed by atoms with Crippen LogP contribution in [0.4, 0.5) is 0 Å². The molecule has 4 nitrogen and oxygen atoms in total. The summed E-state index contributed by atoms with van der Waals surface area (Å²) in [6.45, 7) is 4.52. The van der Waals surface area contributed by atoms with Gasteiger partial charge in [0.25, 0.3) is 0 Å². The average Bonchev–Trinajstić information content (AvgIpc) is 3.04. The fourth-order valence-corrected chi connectivity index (χ4v) is 6.16. The molecule has 1 atom stereocenters. The molecule has 0 amide bonds. The standard InChI is InChI=1S/C42H78O4/c1-3-5-7-9-11-12-13-14-15-16-17-18-19-23-27-31-35-39-42(45)46-40(36-32-28-24-10-8-6-4-2)37-33-29-25-21-20-22-26-30-34-38-41(43)44/h11-12,14-15,40H,3-10,13,16-39H2,1-2H3,(H,43,44)/b12-11-,15-14-. The highest BCUT2D eigenvalue weighted by Gasteiger charge is 2.14. The molecule has 0 rings (SSSR count). The van der Waals surface area contributed by atoms with Crippen LogP contribution in [-0.4, -0.2) is 23.1 Å². The van der Waals surface area contributed by atoms with Crippen LogP contribution < -0.4 is 0 Å². The number of carbonyl (C=O) groups excluding carboxylic acids is 1. The van der Waals surface area contributed by atoms with Crippen LogP contribution in [0.1, 0.15) is 226 Å². The highest BCUT2D eigenvalue weighted by atomic mass is 16.5. The molecule has 0 radical (unpaired) electrons. The molecule has 0 heterocycles. The van der Waals surface area contributed by atoms with Gasteiger partial charge in [0.15, 0.2) is 0 Å². The summed E-state index contributed by atoms with van der Waals surface area (Å²) in [7, 11) is 0. The summed E-state index contributed by atoms with van der Waals surface area (Å²) in [6, 6.07) is 0. The summed E-state index contributed by atoms with van der Waals surface area (Å²) >= 11 is 0. The SMILES string of the molecule is CCCCC/C=C\C/C=C\CCCCCCCCCC(=O)OC(CCCCCCCCC)CCCCCCCCCCCC(=O)O. The van der Waals surface area contributed by atoms with Crippen molar-refractivity contribution in [2.24, 2.45) is 0 Å². The van der Waals surface area contributed by atoms with E-state index in [4.69, 9.17) is 9.84 Å². The summed E-state index contributed by atoms with van der Waals surface area (Å²) in [4.78, 5) is 23.3. The van der Waals surface area contributed by atoms with Gasteiger partial charge < -0.3 is 9.84 Å². The molecule has 46 heavy (non-hydrogen) atoms. The number of rotatable bonds is 37. The van der Waals surface area contributed by atoms with Crippen molar-refractivity contribution in [1.82, 2.24) is 0 Å². The zero-order chi connectivity index (χ0) is 33.6. The van der Waals surface area contributed by atoms with E-state index in [2.05, 4.69) is 38.2 Å². The molecule has 1 N–H and O–H groups in total. The third-order valence-electron chi connectivity index (χ3n) is 9.18. The number of esters is 1. The van der Waals surface area contributed by atoms with Gasteiger partial charge >= 0.3 is 11.9 Å². The predicted octanol–water partition coefficient (Wildman–Crippen LogP) is 14.0. The molecule has 4 heteroatoms. The Kier molecular flexibility index (Phi) is 36.6. The zero-order valence-electron chi connectivity index (χ0n) is 30.9. The smallest absolute Gasteiger partial charge is 0.306 e. The summed E-state index contributed by atoms with van der Waals surface area (Å²) in [5.41, 5.74) is 0. The molecule has 0 bridgehead atoms. The first-order valence-electron chi connectivity index (χ1n) is 20.3. The second-order valence-corrected chi connectivity index (χ2v) is 13.8. The van der Waals surface area contributed by atoms with Gasteiger partial charge in [-0.15, -0.1) is 0 Å². The van der Waals surface area contributed by atoms with E-state index in [-0.39, 0.29) is 12.1 Å². The Hall–Kier alpha value is -1.58. The van der Waals surface area contributed by atoms with Crippen molar-refractivity contribution in [3.63, 3.8) is 0 Å². The molecule has 0 aliphatic heterocycles. The number of ether oxygens (including phenoxy) is 1. The highest BCUT2D eigenvalue weighted by Crippen LogP contribution is 2.19. The molecule has 0 saturated carbocycles. The van der Waals surface area contributed by atoms with Crippen LogP contribution in [0.25, 0.3) is 0 Å². The fraction of sp³-hybridized carbons (Fsp3) is 0.857. The number of allylic oxidation sites excluding steroid dienone is 4. The van der Waals surface area contributed by atoms with Gasteiger partial charge in [-0.1, -0.05) is 167 Å². The van der Waals surface area contributed by atoms with Crippen LogP contribution in [-0.2, 0) is 14.3 Å². The van der Waals surface area contributed by atoms with E-state index in [0.717, 1.165) is 57.8 Å². The van der Waals surface area contributed by atoms with Gasteiger partial charge in [-0.2, -0.15) is 0 Å². The first kappa shape index (κ1) is 44.4. The van der Waals surface area contributed by atoms with Crippen molar-refractivity contribution in [2.45, 2.75) is 232 Å². The van der Waals surface area contributed by atoms with E-state index < -0.39 is 5.97 Å². The third kappa shape index (κ3) is 36.9. The maximum atomic E-state index is 12.7. The number of hydrogen-bond donors (Lipinski definition) is 1. The lowest BCUT2D eigenvalue weighted by molar-refractivity contribution is -0.150. The van der Waals surface area contributed by atoms with Crippen LogP contribution in [0.5, 0.6) is 0 Å². The average molecular weight is 647 g/mol. The van der Waals surface area contributed by atoms with Crippen LogP contribution in [0.3, 0.4) is 0 Å². The Balaban J connectivity index is 3.97. The Bertz CT molecular complexity index is 698. The van der Waals surface area contributed by atoms with Gasteiger partial charge in [-0.05, 0) is 70.6 Å². The quantitative estimate of drug-likeness (QED) is 0.0414. The first-order chi connectivity index (χ1) is 22.6. The zero-order valence-corrected chi connectivity index (χ0v) is 30.9. The lowest BCUT2D eigenvalue weighted by Crippen LogP contribution is -2.18. The molecule has 1 unspecified atom stereocenters. The number of aliphatic carboxylic acids is 1. The lowest BCUT2D eigenvalue weighted by atomic mass is 10.0. The van der Waals surface area contributed by atoms with E-state index in [0.29, 0.717) is 12.8 Å². The summed E-state index contributed by atoms with van der Waals surface area (Å²) in [5, 5.41) is 8.73. The van der Waals surface area contributed by atoms with Gasteiger partial charge in [0.2, 0.25) is 0 Å². The Morgan fingerprint density at radius 1 is 0.478 bits per heavy atom. The minimum atomic E-state index is -0.677. The first-order valence-corrected chi connectivity index (χ1v) is 20.3. The Labute approximate surface area is 287 Å². The molecule has 0 aromatic heterocycles. The van der Waals surface area contributed by atoms with Crippen molar-refractivity contribution >= 4 is 11.9 Å². The van der Waals surface area contributed by atoms with Gasteiger partial charge in [-0.3, -0.25) is 9.59 Å². The predicted molar refractivity (Wildman–Crippen MR) is 200 cm³/mol. The fourth-order valence-electron chi connectivity index (χ4n) is 6.16. The third-order valence-corrected chi connectivity index (χ3v) is 9.18. The lowest BCUT2D eigenvalue weighted by Gasteiger charge is -2.18. The summed E-state index contributed by atoms with van der Waals surface area (Å²) in [5.74, 6) is -0.651. The van der Waals surface area contributed by atoms with Crippen LogP contribution in [0.2, 0.25) is 0 Å². The number of hydrogen-bond acceptors (Lipinski definition) is 3.